The van der Waals surface area contributed by atoms with Crippen LogP contribution in [0.5, 0.6) is 11.6 Å². The van der Waals surface area contributed by atoms with Crippen LogP contribution in [-0.4, -0.2) is 80.5 Å². The number of aliphatic hydroxyl groups excluding tert-OH is 1. The van der Waals surface area contributed by atoms with Crippen molar-refractivity contribution in [1.29, 1.82) is 0 Å². The lowest BCUT2D eigenvalue weighted by atomic mass is 10.0. The summed E-state index contributed by atoms with van der Waals surface area (Å²) in [4.78, 5) is 26.7. The third kappa shape index (κ3) is 6.24. The van der Waals surface area contributed by atoms with Gasteiger partial charge in [0, 0.05) is 18.3 Å². The maximum Gasteiger partial charge on any atom is 0.315 e. The Kier molecular flexibility index (Phi) is 7.64. The number of likely N-dealkylation sites (tertiary alicyclic amines) is 1. The number of aromatic nitrogens is 3. The molecule has 3 atom stereocenters. The van der Waals surface area contributed by atoms with Crippen molar-refractivity contribution in [3.63, 3.8) is 0 Å². The molecule has 3 heterocycles. The Bertz CT molecular complexity index is 1400. The zero-order valence-electron chi connectivity index (χ0n) is 22.1. The first-order valence-corrected chi connectivity index (χ1v) is 14.1. The van der Waals surface area contributed by atoms with Gasteiger partial charge in [-0.1, -0.05) is 29.8 Å². The first-order chi connectivity index (χ1) is 19.4. The fourth-order valence-corrected chi connectivity index (χ4v) is 5.25. The molecule has 0 spiro atoms. The molecule has 2 unspecified atom stereocenters. The lowest BCUT2D eigenvalue weighted by molar-refractivity contribution is 0.0758. The van der Waals surface area contributed by atoms with Gasteiger partial charge in [0.25, 0.3) is 0 Å². The number of benzene rings is 1. The molecule has 1 aliphatic heterocycles. The second-order valence-electron chi connectivity index (χ2n) is 10.5. The molecule has 10 nitrogen and oxygen atoms in total. The quantitative estimate of drug-likeness (QED) is 0.277. The van der Waals surface area contributed by atoms with E-state index >= 15 is 0 Å². The van der Waals surface area contributed by atoms with E-state index < -0.39 is 17.2 Å². The van der Waals surface area contributed by atoms with Crippen LogP contribution in [0.1, 0.15) is 25.7 Å². The lowest BCUT2D eigenvalue weighted by Crippen LogP contribution is -2.54. The van der Waals surface area contributed by atoms with E-state index in [-0.39, 0.29) is 18.7 Å². The molecule has 2 fully saturated rings. The van der Waals surface area contributed by atoms with Crippen LogP contribution in [0.4, 0.5) is 4.79 Å². The average molecular weight is 565 g/mol. The first-order valence-electron chi connectivity index (χ1n) is 13.7. The number of hydrogen-bond donors (Lipinski definition) is 4. The Labute approximate surface area is 237 Å². The van der Waals surface area contributed by atoms with Crippen LogP contribution in [0.3, 0.4) is 0 Å². The fourth-order valence-electron chi connectivity index (χ4n) is 4.98. The van der Waals surface area contributed by atoms with Gasteiger partial charge in [-0.2, -0.15) is 0 Å². The van der Waals surface area contributed by atoms with Crippen molar-refractivity contribution >= 4 is 28.7 Å². The summed E-state index contributed by atoms with van der Waals surface area (Å²) in [6.07, 6.45) is 12.3. The monoisotopic (exact) mass is 564 g/mol. The number of ether oxygens (including phenoxy) is 2. The van der Waals surface area contributed by atoms with Crippen molar-refractivity contribution in [1.82, 2.24) is 30.5 Å². The van der Waals surface area contributed by atoms with E-state index in [2.05, 4.69) is 30.5 Å². The molecular weight excluding hydrogens is 532 g/mol. The van der Waals surface area contributed by atoms with Crippen molar-refractivity contribution in [2.75, 3.05) is 26.2 Å². The summed E-state index contributed by atoms with van der Waals surface area (Å²) in [5.41, 5.74) is 2.34. The lowest BCUT2D eigenvalue weighted by Gasteiger charge is -2.33. The molecule has 11 heteroatoms. The van der Waals surface area contributed by atoms with Crippen LogP contribution >= 0.6 is 11.6 Å². The molecule has 210 valence electrons. The van der Waals surface area contributed by atoms with Gasteiger partial charge >= 0.3 is 6.03 Å². The van der Waals surface area contributed by atoms with Crippen molar-refractivity contribution in [3.05, 3.63) is 61.0 Å². The Morgan fingerprint density at radius 1 is 1.18 bits per heavy atom. The molecule has 6 rings (SSSR count). The Hall–Kier alpha value is -3.60. The van der Waals surface area contributed by atoms with E-state index in [9.17, 15) is 9.90 Å². The molecule has 40 heavy (non-hydrogen) atoms. The Morgan fingerprint density at radius 3 is 2.75 bits per heavy atom. The number of carbonyl (C=O) groups excluding carboxylic acids is 1. The SMILES string of the molecule is O=C(NC1CC1)NC1C=CC=CC1(Cl)Oc1ncnc2[nH]c(-c3ccc(OC[C@H](O)CN4CCCC4)cc3)cc12. The highest BCUT2D eigenvalue weighted by Gasteiger charge is 2.39. The van der Waals surface area contributed by atoms with Crippen molar-refractivity contribution in [3.8, 4) is 22.9 Å². The van der Waals surface area contributed by atoms with Crippen LogP contribution < -0.4 is 20.1 Å². The van der Waals surface area contributed by atoms with E-state index in [0.29, 0.717) is 29.2 Å². The van der Waals surface area contributed by atoms with Crippen LogP contribution in [0.25, 0.3) is 22.3 Å². The predicted molar refractivity (Wildman–Crippen MR) is 152 cm³/mol. The Balaban J connectivity index is 1.13. The number of aromatic amines is 1. The second kappa shape index (κ2) is 11.5. The van der Waals surface area contributed by atoms with Gasteiger partial charge in [0.1, 0.15) is 36.5 Å². The van der Waals surface area contributed by atoms with Crippen LogP contribution in [0.15, 0.2) is 61.0 Å². The van der Waals surface area contributed by atoms with Gasteiger partial charge in [0.2, 0.25) is 10.9 Å². The van der Waals surface area contributed by atoms with Crippen molar-refractivity contribution in [2.24, 2.45) is 0 Å². The number of rotatable bonds is 10. The number of β-amino-alcohol motifs (C(OH)–C–C–N with tert-alkyl or cyclic N) is 1. The molecule has 1 saturated carbocycles. The number of alkyl halides is 1. The summed E-state index contributed by atoms with van der Waals surface area (Å²) in [5.74, 6) is 0.985. The van der Waals surface area contributed by atoms with Crippen LogP contribution in [0.2, 0.25) is 0 Å². The standard InChI is InChI=1S/C29H33ClN6O4/c30-29(12-2-1-5-25(29)35-28(38)33-20-8-9-20)40-27-23-15-24(34-26(23)31-18-32-27)19-6-10-22(11-7-19)39-17-21(37)16-36-13-3-4-14-36/h1-2,5-7,10-12,15,18,20-21,25,37H,3-4,8-9,13-14,16-17H2,(H,31,32,34)(H2,33,35,38)/t21-,25?,29?/m1/s1. The second-order valence-corrected chi connectivity index (χ2v) is 11.1. The maximum atomic E-state index is 12.4. The topological polar surface area (TPSA) is 125 Å². The summed E-state index contributed by atoms with van der Waals surface area (Å²) in [5, 5.41) is 15.4. The van der Waals surface area contributed by atoms with Gasteiger partial charge in [-0.05, 0) is 80.7 Å². The number of halogens is 1. The molecule has 0 radical (unpaired) electrons. The van der Waals surface area contributed by atoms with Gasteiger partial charge in [0.15, 0.2) is 0 Å². The van der Waals surface area contributed by atoms with E-state index in [0.717, 1.165) is 37.2 Å². The zero-order chi connectivity index (χ0) is 27.5. The number of aliphatic hydroxyl groups is 1. The molecule has 3 aliphatic rings. The third-order valence-electron chi connectivity index (χ3n) is 7.28. The molecule has 2 aliphatic carbocycles. The highest BCUT2D eigenvalue weighted by Crippen LogP contribution is 2.34. The fraction of sp³-hybridized carbons (Fsp3) is 0.414. The highest BCUT2D eigenvalue weighted by atomic mass is 35.5. The van der Waals surface area contributed by atoms with Gasteiger partial charge in [0.05, 0.1) is 5.39 Å². The summed E-state index contributed by atoms with van der Waals surface area (Å²) < 4.78 is 12.0. The van der Waals surface area contributed by atoms with E-state index in [1.54, 1.807) is 18.2 Å². The van der Waals surface area contributed by atoms with Gasteiger partial charge in [-0.3, -0.25) is 0 Å². The smallest absolute Gasteiger partial charge is 0.315 e. The summed E-state index contributed by atoms with van der Waals surface area (Å²) in [6.45, 7) is 2.98. The number of urea groups is 1. The number of amides is 2. The summed E-state index contributed by atoms with van der Waals surface area (Å²) in [6, 6.07) is 8.87. The molecule has 2 amide bonds. The number of nitrogens with one attached hydrogen (secondary N) is 3. The summed E-state index contributed by atoms with van der Waals surface area (Å²) >= 11 is 6.90. The molecule has 1 aromatic carbocycles. The molecule has 4 N–H and O–H groups in total. The van der Waals surface area contributed by atoms with Gasteiger partial charge in [-0.25, -0.2) is 14.8 Å². The average Bonchev–Trinajstić information content (AvgIpc) is 3.41. The van der Waals surface area contributed by atoms with Crippen LogP contribution in [-0.2, 0) is 0 Å². The maximum absolute atomic E-state index is 12.4. The molecular formula is C29H33ClN6O4. The Morgan fingerprint density at radius 2 is 1.98 bits per heavy atom. The molecule has 1 saturated heterocycles. The first kappa shape index (κ1) is 26.6. The number of nitrogens with zero attached hydrogens (tertiary/aromatic N) is 3. The molecule has 0 bridgehead atoms. The van der Waals surface area contributed by atoms with Crippen LogP contribution in [0, 0.1) is 0 Å². The van der Waals surface area contributed by atoms with E-state index in [4.69, 9.17) is 21.1 Å². The third-order valence-corrected chi connectivity index (χ3v) is 7.72. The van der Waals surface area contributed by atoms with Gasteiger partial charge in [-0.15, -0.1) is 0 Å². The molecule has 3 aromatic rings. The normalized spacial score (nSPS) is 23.3. The zero-order valence-corrected chi connectivity index (χ0v) is 22.8. The van der Waals surface area contributed by atoms with Crippen molar-refractivity contribution < 1.29 is 19.4 Å². The number of fused-ring (bicyclic) bond motifs is 1. The number of carbonyl (C=O) groups is 1. The van der Waals surface area contributed by atoms with Crippen molar-refractivity contribution in [2.45, 2.75) is 48.9 Å². The molecule has 2 aromatic heterocycles. The minimum Gasteiger partial charge on any atom is -0.491 e. The summed E-state index contributed by atoms with van der Waals surface area (Å²) in [7, 11) is 0. The largest absolute Gasteiger partial charge is 0.491 e. The minimum atomic E-state index is -1.37. The number of H-pyrrole nitrogens is 1. The number of hydrogen-bond acceptors (Lipinski definition) is 7. The van der Waals surface area contributed by atoms with E-state index in [1.807, 2.05) is 36.4 Å². The minimum absolute atomic E-state index is 0.223. The number of allylic oxidation sites excluding steroid dienone is 2. The predicted octanol–water partition coefficient (Wildman–Crippen LogP) is 3.73. The van der Waals surface area contributed by atoms with Gasteiger partial charge < -0.3 is 35.1 Å². The van der Waals surface area contributed by atoms with E-state index in [1.165, 1.54) is 19.2 Å². The highest BCUT2D eigenvalue weighted by molar-refractivity contribution is 6.25.